The second-order valence-electron chi connectivity index (χ2n) is 7.61. The van der Waals surface area contributed by atoms with E-state index >= 15 is 0 Å². The zero-order valence-corrected chi connectivity index (χ0v) is 17.3. The first kappa shape index (κ1) is 20.9. The van der Waals surface area contributed by atoms with Crippen LogP contribution in [0.1, 0.15) is 34.7 Å². The second kappa shape index (κ2) is 10.1. The van der Waals surface area contributed by atoms with Crippen LogP contribution in [0.15, 0.2) is 76.0 Å². The molecule has 2 aromatic heterocycles. The van der Waals surface area contributed by atoms with Gasteiger partial charge in [0.2, 0.25) is 5.91 Å². The molecule has 1 atom stereocenters. The van der Waals surface area contributed by atoms with Crippen LogP contribution in [-0.4, -0.2) is 47.4 Å². The molecule has 1 fully saturated rings. The molecule has 0 radical (unpaired) electrons. The number of amides is 2. The van der Waals surface area contributed by atoms with Gasteiger partial charge in [-0.2, -0.15) is 0 Å². The van der Waals surface area contributed by atoms with Crippen molar-refractivity contribution in [2.24, 2.45) is 0 Å². The number of benzene rings is 1. The first-order chi connectivity index (χ1) is 15.2. The van der Waals surface area contributed by atoms with E-state index in [4.69, 9.17) is 13.6 Å². The Hall–Kier alpha value is -3.32. The number of ether oxygens (including phenoxy) is 1. The molecular weight excluding hydrogens is 396 g/mol. The minimum absolute atomic E-state index is 0.0626. The van der Waals surface area contributed by atoms with Gasteiger partial charge in [-0.3, -0.25) is 9.59 Å². The van der Waals surface area contributed by atoms with Crippen molar-refractivity contribution < 1.29 is 23.2 Å². The Morgan fingerprint density at radius 3 is 2.39 bits per heavy atom. The summed E-state index contributed by atoms with van der Waals surface area (Å²) in [4.78, 5) is 29.6. The summed E-state index contributed by atoms with van der Waals surface area (Å²) in [5.41, 5.74) is 1.01. The van der Waals surface area contributed by atoms with Crippen LogP contribution in [0.25, 0.3) is 0 Å². The van der Waals surface area contributed by atoms with Crippen LogP contribution >= 0.6 is 0 Å². The third kappa shape index (κ3) is 5.64. The van der Waals surface area contributed by atoms with E-state index < -0.39 is 0 Å². The minimum Gasteiger partial charge on any atom is -0.467 e. The quantitative estimate of drug-likeness (QED) is 0.525. The first-order valence-corrected chi connectivity index (χ1v) is 10.5. The van der Waals surface area contributed by atoms with E-state index in [0.717, 1.165) is 18.4 Å². The standard InChI is InChI=1S/C24H26N2O5/c27-23(25(16-20-9-4-12-29-20)15-19-7-2-1-3-8-19)18-26(17-21-10-5-13-30-21)24(28)22-11-6-14-31-22/h1-4,6-9,11-12,14,21H,5,10,13,15-18H2. The molecule has 3 heterocycles. The lowest BCUT2D eigenvalue weighted by atomic mass is 10.2. The fourth-order valence-corrected chi connectivity index (χ4v) is 3.70. The van der Waals surface area contributed by atoms with Crippen LogP contribution in [0.2, 0.25) is 0 Å². The highest BCUT2D eigenvalue weighted by molar-refractivity contribution is 5.94. The zero-order valence-electron chi connectivity index (χ0n) is 17.3. The molecule has 31 heavy (non-hydrogen) atoms. The molecule has 4 rings (SSSR count). The number of furan rings is 2. The van der Waals surface area contributed by atoms with E-state index in [9.17, 15) is 9.59 Å². The third-order valence-electron chi connectivity index (χ3n) is 5.29. The fourth-order valence-electron chi connectivity index (χ4n) is 3.70. The van der Waals surface area contributed by atoms with Crippen molar-refractivity contribution in [2.75, 3.05) is 19.7 Å². The zero-order chi connectivity index (χ0) is 21.5. The highest BCUT2D eigenvalue weighted by Crippen LogP contribution is 2.17. The Labute approximate surface area is 181 Å². The van der Waals surface area contributed by atoms with Crippen molar-refractivity contribution in [3.63, 3.8) is 0 Å². The van der Waals surface area contributed by atoms with Gasteiger partial charge >= 0.3 is 0 Å². The van der Waals surface area contributed by atoms with Crippen molar-refractivity contribution in [1.82, 2.24) is 9.80 Å². The number of rotatable bonds is 9. The number of carbonyl (C=O) groups excluding carboxylic acids is 2. The molecule has 0 N–H and O–H groups in total. The van der Waals surface area contributed by atoms with Gasteiger partial charge in [-0.15, -0.1) is 0 Å². The van der Waals surface area contributed by atoms with E-state index in [-0.39, 0.29) is 30.2 Å². The summed E-state index contributed by atoms with van der Waals surface area (Å²) in [5, 5.41) is 0. The smallest absolute Gasteiger partial charge is 0.290 e. The summed E-state index contributed by atoms with van der Waals surface area (Å²) >= 11 is 0. The van der Waals surface area contributed by atoms with Gasteiger partial charge in [-0.05, 0) is 42.7 Å². The highest BCUT2D eigenvalue weighted by Gasteiger charge is 2.28. The van der Waals surface area contributed by atoms with E-state index in [1.807, 2.05) is 36.4 Å². The molecule has 7 nitrogen and oxygen atoms in total. The highest BCUT2D eigenvalue weighted by atomic mass is 16.5. The number of hydrogen-bond donors (Lipinski definition) is 0. The van der Waals surface area contributed by atoms with Crippen LogP contribution in [0, 0.1) is 0 Å². The topological polar surface area (TPSA) is 76.1 Å². The van der Waals surface area contributed by atoms with Crippen LogP contribution < -0.4 is 0 Å². The van der Waals surface area contributed by atoms with Crippen molar-refractivity contribution in [2.45, 2.75) is 32.0 Å². The van der Waals surface area contributed by atoms with Gasteiger partial charge in [0.05, 0.1) is 25.2 Å². The minimum atomic E-state index is -0.313. The summed E-state index contributed by atoms with van der Waals surface area (Å²) in [6.45, 7) is 1.71. The van der Waals surface area contributed by atoms with E-state index in [1.54, 1.807) is 29.4 Å². The summed E-state index contributed by atoms with van der Waals surface area (Å²) in [5.74, 6) is 0.420. The van der Waals surface area contributed by atoms with Crippen molar-refractivity contribution in [1.29, 1.82) is 0 Å². The van der Waals surface area contributed by atoms with Crippen LogP contribution in [0.5, 0.6) is 0 Å². The predicted octanol–water partition coefficient (Wildman–Crippen LogP) is 3.72. The number of carbonyl (C=O) groups is 2. The number of nitrogens with zero attached hydrogens (tertiary/aromatic N) is 2. The molecule has 1 aliphatic rings. The van der Waals surface area contributed by atoms with E-state index in [2.05, 4.69) is 0 Å². The fraction of sp³-hybridized carbons (Fsp3) is 0.333. The summed E-state index contributed by atoms with van der Waals surface area (Å²) in [7, 11) is 0. The van der Waals surface area contributed by atoms with Gasteiger partial charge in [0, 0.05) is 19.7 Å². The maximum Gasteiger partial charge on any atom is 0.290 e. The summed E-state index contributed by atoms with van der Waals surface area (Å²) in [6, 6.07) is 16.7. The van der Waals surface area contributed by atoms with Gasteiger partial charge in [-0.25, -0.2) is 0 Å². The lowest BCUT2D eigenvalue weighted by Gasteiger charge is -2.28. The molecule has 0 aliphatic carbocycles. The van der Waals surface area contributed by atoms with Crippen LogP contribution in [0.4, 0.5) is 0 Å². The lowest BCUT2D eigenvalue weighted by Crippen LogP contribution is -2.45. The lowest BCUT2D eigenvalue weighted by molar-refractivity contribution is -0.133. The Bertz CT molecular complexity index is 947. The second-order valence-corrected chi connectivity index (χ2v) is 7.61. The molecule has 162 valence electrons. The molecule has 1 aliphatic heterocycles. The summed E-state index contributed by atoms with van der Waals surface area (Å²) < 4.78 is 16.5. The molecule has 3 aromatic rings. The van der Waals surface area contributed by atoms with Crippen molar-refractivity contribution in [3.05, 3.63) is 84.2 Å². The molecular formula is C24H26N2O5. The first-order valence-electron chi connectivity index (χ1n) is 10.5. The van der Waals surface area contributed by atoms with Crippen molar-refractivity contribution in [3.8, 4) is 0 Å². The molecule has 1 unspecified atom stereocenters. The Morgan fingerprint density at radius 1 is 0.903 bits per heavy atom. The Morgan fingerprint density at radius 2 is 1.71 bits per heavy atom. The summed E-state index contributed by atoms with van der Waals surface area (Å²) in [6.07, 6.45) is 4.80. The monoisotopic (exact) mass is 422 g/mol. The van der Waals surface area contributed by atoms with Gasteiger partial charge in [0.25, 0.3) is 5.91 Å². The average Bonchev–Trinajstić information content (AvgIpc) is 3.56. The van der Waals surface area contributed by atoms with Gasteiger partial charge < -0.3 is 23.4 Å². The predicted molar refractivity (Wildman–Crippen MR) is 113 cm³/mol. The molecule has 1 saturated heterocycles. The molecule has 7 heteroatoms. The molecule has 0 spiro atoms. The molecule has 1 aromatic carbocycles. The van der Waals surface area contributed by atoms with Gasteiger partial charge in [0.15, 0.2) is 5.76 Å². The van der Waals surface area contributed by atoms with E-state index in [1.165, 1.54) is 11.2 Å². The molecule has 0 bridgehead atoms. The maximum atomic E-state index is 13.4. The third-order valence-corrected chi connectivity index (χ3v) is 5.29. The Balaban J connectivity index is 1.51. The number of hydrogen-bond acceptors (Lipinski definition) is 5. The molecule has 2 amide bonds. The van der Waals surface area contributed by atoms with E-state index in [0.29, 0.717) is 32.0 Å². The molecule has 0 saturated carbocycles. The van der Waals surface area contributed by atoms with Crippen molar-refractivity contribution >= 4 is 11.8 Å². The van der Waals surface area contributed by atoms with Crippen LogP contribution in [-0.2, 0) is 22.6 Å². The van der Waals surface area contributed by atoms with Gasteiger partial charge in [-0.1, -0.05) is 30.3 Å². The maximum absolute atomic E-state index is 13.4. The average molecular weight is 422 g/mol. The largest absolute Gasteiger partial charge is 0.467 e. The SMILES string of the molecule is O=C(CN(CC1CCCO1)C(=O)c1ccco1)N(Cc1ccccc1)Cc1ccco1. The van der Waals surface area contributed by atoms with Crippen LogP contribution in [0.3, 0.4) is 0 Å². The normalized spacial score (nSPS) is 15.7. The Kier molecular flexibility index (Phi) is 6.84. The van der Waals surface area contributed by atoms with Gasteiger partial charge in [0.1, 0.15) is 12.3 Å².